The van der Waals surface area contributed by atoms with E-state index in [1.807, 2.05) is 0 Å². The van der Waals surface area contributed by atoms with Gasteiger partial charge in [0.05, 0.1) is 0 Å². The third-order valence-electron chi connectivity index (χ3n) is 4.62. The van der Waals surface area contributed by atoms with Crippen molar-refractivity contribution >= 4 is 9.52 Å². The number of rotatable bonds is 2. The molecule has 1 saturated heterocycles. The summed E-state index contributed by atoms with van der Waals surface area (Å²) in [6.07, 6.45) is 5.91. The van der Waals surface area contributed by atoms with Gasteiger partial charge in [0.2, 0.25) is 0 Å². The molecule has 1 saturated carbocycles. The van der Waals surface area contributed by atoms with Gasteiger partial charge in [-0.1, -0.05) is 35.9 Å². The van der Waals surface area contributed by atoms with Crippen molar-refractivity contribution in [3.63, 3.8) is 0 Å². The molecule has 2 unspecified atom stereocenters. The van der Waals surface area contributed by atoms with Gasteiger partial charge in [0, 0.05) is 9.52 Å². The Kier molecular flexibility index (Phi) is 1.58. The molecule has 4 rings (SSSR count). The zero-order chi connectivity index (χ0) is 9.88. The topological polar surface area (TPSA) is 0 Å². The summed E-state index contributed by atoms with van der Waals surface area (Å²) in [7, 11) is 1.29. The Balaban J connectivity index is 1.73. The molecule has 0 bridgehead atoms. The van der Waals surface area contributed by atoms with Gasteiger partial charge in [-0.25, -0.2) is 0 Å². The maximum atomic E-state index is 2.40. The van der Waals surface area contributed by atoms with E-state index in [1.165, 1.54) is 41.2 Å². The second kappa shape index (κ2) is 2.76. The third-order valence-corrected chi connectivity index (χ3v) is 5.84. The molecule has 0 aromatic heterocycles. The van der Waals surface area contributed by atoms with Crippen molar-refractivity contribution in [2.45, 2.75) is 43.2 Å². The standard InChI is InChI=1S/C14H16Si/c1-2-4-12-10(3-1)8-14(5-6-14)13(12)7-11-9-15-11/h1-4,11,13H,5-9H2. The summed E-state index contributed by atoms with van der Waals surface area (Å²) in [5.41, 5.74) is 5.24. The van der Waals surface area contributed by atoms with Crippen molar-refractivity contribution in [3.8, 4) is 0 Å². The van der Waals surface area contributed by atoms with E-state index in [0.717, 1.165) is 16.9 Å². The van der Waals surface area contributed by atoms with Crippen LogP contribution in [-0.2, 0) is 6.42 Å². The van der Waals surface area contributed by atoms with Gasteiger partial charge >= 0.3 is 0 Å². The molecule has 0 amide bonds. The minimum atomic E-state index is 0.747. The molecule has 1 heteroatoms. The maximum Gasteiger partial charge on any atom is 0.0410 e. The summed E-state index contributed by atoms with van der Waals surface area (Å²) in [6.45, 7) is 0. The molecule has 3 aliphatic rings. The van der Waals surface area contributed by atoms with Crippen molar-refractivity contribution in [1.29, 1.82) is 0 Å². The molecule has 15 heavy (non-hydrogen) atoms. The first-order valence-corrected chi connectivity index (χ1v) is 7.47. The maximum absolute atomic E-state index is 2.40. The second-order valence-electron chi connectivity index (χ2n) is 5.63. The Labute approximate surface area is 93.9 Å². The van der Waals surface area contributed by atoms with E-state index in [0.29, 0.717) is 0 Å². The van der Waals surface area contributed by atoms with E-state index in [1.54, 1.807) is 11.1 Å². The van der Waals surface area contributed by atoms with E-state index in [4.69, 9.17) is 0 Å². The van der Waals surface area contributed by atoms with Gasteiger partial charge in [-0.2, -0.15) is 0 Å². The molecule has 1 spiro atoms. The minimum Gasteiger partial charge on any atom is -0.0620 e. The first-order chi connectivity index (χ1) is 7.37. The van der Waals surface area contributed by atoms with Crippen LogP contribution >= 0.6 is 0 Å². The normalized spacial score (nSPS) is 34.1. The molecule has 0 N–H and O–H groups in total. The van der Waals surface area contributed by atoms with Crippen molar-refractivity contribution in [2.75, 3.05) is 0 Å². The van der Waals surface area contributed by atoms with Crippen LogP contribution in [0.15, 0.2) is 24.3 Å². The van der Waals surface area contributed by atoms with E-state index < -0.39 is 0 Å². The molecule has 1 heterocycles. The number of fused-ring (bicyclic) bond motifs is 1. The lowest BCUT2D eigenvalue weighted by molar-refractivity contribution is 0.416. The van der Waals surface area contributed by atoms with Crippen LogP contribution in [0.1, 0.15) is 36.3 Å². The lowest BCUT2D eigenvalue weighted by Crippen LogP contribution is -2.08. The monoisotopic (exact) mass is 212 g/mol. The highest BCUT2D eigenvalue weighted by Crippen LogP contribution is 2.65. The van der Waals surface area contributed by atoms with Crippen LogP contribution in [0.3, 0.4) is 0 Å². The zero-order valence-corrected chi connectivity index (χ0v) is 10.00. The Hall–Kier alpha value is -0.563. The van der Waals surface area contributed by atoms with Gasteiger partial charge < -0.3 is 0 Å². The Morgan fingerprint density at radius 2 is 2.07 bits per heavy atom. The summed E-state index contributed by atoms with van der Waals surface area (Å²) in [5.74, 6) is 0.939. The van der Waals surface area contributed by atoms with Crippen LogP contribution in [-0.4, -0.2) is 9.52 Å². The fourth-order valence-electron chi connectivity index (χ4n) is 3.46. The smallest absolute Gasteiger partial charge is 0.0410 e. The second-order valence-corrected chi connectivity index (χ2v) is 7.26. The van der Waals surface area contributed by atoms with Crippen molar-refractivity contribution in [2.24, 2.45) is 5.41 Å². The molecule has 1 aromatic carbocycles. The quantitative estimate of drug-likeness (QED) is 0.659. The van der Waals surface area contributed by atoms with Gasteiger partial charge in [0.25, 0.3) is 0 Å². The van der Waals surface area contributed by atoms with Crippen LogP contribution in [0.4, 0.5) is 0 Å². The lowest BCUT2D eigenvalue weighted by atomic mass is 9.86. The van der Waals surface area contributed by atoms with E-state index in [9.17, 15) is 0 Å². The molecular weight excluding hydrogens is 196 g/mol. The summed E-state index contributed by atoms with van der Waals surface area (Å²) in [5, 5.41) is 0. The van der Waals surface area contributed by atoms with Gasteiger partial charge in [0.1, 0.15) is 0 Å². The SMILES string of the molecule is c1ccc2c(c1)CC1(CC1)C2CC1C[Si]1. The molecular formula is C14H16Si. The highest BCUT2D eigenvalue weighted by molar-refractivity contribution is 6.50. The molecule has 2 fully saturated rings. The number of hydrogen-bond acceptors (Lipinski definition) is 0. The van der Waals surface area contributed by atoms with Gasteiger partial charge in [-0.3, -0.25) is 0 Å². The number of benzene rings is 1. The zero-order valence-electron chi connectivity index (χ0n) is 9.00. The summed E-state index contributed by atoms with van der Waals surface area (Å²) >= 11 is 0. The summed E-state index contributed by atoms with van der Waals surface area (Å²) in [4.78, 5) is 0. The van der Waals surface area contributed by atoms with Gasteiger partial charge in [-0.15, -0.1) is 0 Å². The molecule has 2 radical (unpaired) electrons. The van der Waals surface area contributed by atoms with Crippen LogP contribution in [0.5, 0.6) is 0 Å². The molecule has 2 aliphatic carbocycles. The van der Waals surface area contributed by atoms with Crippen LogP contribution < -0.4 is 0 Å². The largest absolute Gasteiger partial charge is 0.0620 e. The predicted octanol–water partition coefficient (Wildman–Crippen LogP) is 3.42. The first kappa shape index (κ1) is 8.57. The van der Waals surface area contributed by atoms with Crippen molar-refractivity contribution in [1.82, 2.24) is 0 Å². The molecule has 1 aromatic rings. The Bertz CT molecular complexity index is 402. The molecule has 2 atom stereocenters. The Morgan fingerprint density at radius 1 is 1.27 bits per heavy atom. The summed E-state index contributed by atoms with van der Waals surface area (Å²) in [6, 6.07) is 10.8. The first-order valence-electron chi connectivity index (χ1n) is 6.19. The minimum absolute atomic E-state index is 0.747. The molecule has 0 nitrogen and oxygen atoms in total. The predicted molar refractivity (Wildman–Crippen MR) is 63.5 cm³/mol. The van der Waals surface area contributed by atoms with Crippen LogP contribution in [0.2, 0.25) is 11.6 Å². The Morgan fingerprint density at radius 3 is 2.80 bits per heavy atom. The van der Waals surface area contributed by atoms with E-state index >= 15 is 0 Å². The fraction of sp³-hybridized carbons (Fsp3) is 0.571. The average molecular weight is 212 g/mol. The van der Waals surface area contributed by atoms with Gasteiger partial charge in [0.15, 0.2) is 0 Å². The van der Waals surface area contributed by atoms with Crippen LogP contribution in [0.25, 0.3) is 0 Å². The van der Waals surface area contributed by atoms with Crippen molar-refractivity contribution in [3.05, 3.63) is 35.4 Å². The van der Waals surface area contributed by atoms with Gasteiger partial charge in [-0.05, 0) is 48.1 Å². The van der Waals surface area contributed by atoms with Crippen molar-refractivity contribution < 1.29 is 0 Å². The summed E-state index contributed by atoms with van der Waals surface area (Å²) < 4.78 is 0. The highest BCUT2D eigenvalue weighted by atomic mass is 28.2. The highest BCUT2D eigenvalue weighted by Gasteiger charge is 2.54. The molecule has 1 aliphatic heterocycles. The lowest BCUT2D eigenvalue weighted by Gasteiger charge is -2.19. The van der Waals surface area contributed by atoms with E-state index in [2.05, 4.69) is 24.3 Å². The average Bonchev–Trinajstić information content (AvgIpc) is 3.09. The third kappa shape index (κ3) is 1.25. The molecule has 76 valence electrons. The van der Waals surface area contributed by atoms with E-state index in [-0.39, 0.29) is 0 Å². The number of hydrogen-bond donors (Lipinski definition) is 0. The fourth-order valence-corrected chi connectivity index (χ4v) is 4.20. The van der Waals surface area contributed by atoms with Crippen LogP contribution in [0, 0.1) is 5.41 Å².